The first kappa shape index (κ1) is 14.3. The second-order valence-electron chi connectivity index (χ2n) is 4.56. The number of thiophene rings is 1. The quantitative estimate of drug-likeness (QED) is 0.836. The van der Waals surface area contributed by atoms with Crippen LogP contribution in [0.3, 0.4) is 0 Å². The zero-order valence-electron chi connectivity index (χ0n) is 11.8. The van der Waals surface area contributed by atoms with E-state index in [4.69, 9.17) is 4.42 Å². The zero-order chi connectivity index (χ0) is 14.9. The summed E-state index contributed by atoms with van der Waals surface area (Å²) in [5.41, 5.74) is 5.80. The molecular formula is C14H16N2O3S. The van der Waals surface area contributed by atoms with E-state index in [1.807, 2.05) is 13.8 Å². The lowest BCUT2D eigenvalue weighted by molar-refractivity contribution is 0.0845. The number of hydrogen-bond acceptors (Lipinski definition) is 4. The van der Waals surface area contributed by atoms with Crippen LogP contribution in [0, 0.1) is 27.7 Å². The van der Waals surface area contributed by atoms with Gasteiger partial charge >= 0.3 is 0 Å². The van der Waals surface area contributed by atoms with Crippen LogP contribution in [0.5, 0.6) is 0 Å². The van der Waals surface area contributed by atoms with E-state index in [0.717, 1.165) is 9.75 Å². The van der Waals surface area contributed by atoms with Crippen LogP contribution in [0.2, 0.25) is 0 Å². The third-order valence-electron chi connectivity index (χ3n) is 2.86. The summed E-state index contributed by atoms with van der Waals surface area (Å²) in [4.78, 5) is 25.9. The van der Waals surface area contributed by atoms with Crippen LogP contribution in [0.25, 0.3) is 0 Å². The van der Waals surface area contributed by atoms with E-state index in [9.17, 15) is 9.59 Å². The van der Waals surface area contributed by atoms with E-state index in [1.54, 1.807) is 37.3 Å². The smallest absolute Gasteiger partial charge is 0.273 e. The highest BCUT2D eigenvalue weighted by molar-refractivity contribution is 7.12. The first-order valence-electron chi connectivity index (χ1n) is 6.13. The summed E-state index contributed by atoms with van der Waals surface area (Å²) in [6.07, 6.45) is 0. The van der Waals surface area contributed by atoms with Gasteiger partial charge in [0.1, 0.15) is 11.5 Å². The number of hydrazine groups is 1. The lowest BCUT2D eigenvalue weighted by Crippen LogP contribution is -2.41. The number of nitrogens with one attached hydrogen (secondary N) is 2. The van der Waals surface area contributed by atoms with Gasteiger partial charge in [-0.3, -0.25) is 20.4 Å². The van der Waals surface area contributed by atoms with Crippen LogP contribution >= 0.6 is 11.3 Å². The Kier molecular flexibility index (Phi) is 3.94. The van der Waals surface area contributed by atoms with Gasteiger partial charge < -0.3 is 4.42 Å². The van der Waals surface area contributed by atoms with Crippen molar-refractivity contribution in [1.29, 1.82) is 0 Å². The fraction of sp³-hybridized carbons (Fsp3) is 0.286. The minimum atomic E-state index is -0.391. The van der Waals surface area contributed by atoms with E-state index in [2.05, 4.69) is 10.9 Å². The molecule has 0 saturated heterocycles. The summed E-state index contributed by atoms with van der Waals surface area (Å²) < 4.78 is 5.28. The second kappa shape index (κ2) is 5.50. The molecule has 0 unspecified atom stereocenters. The Labute approximate surface area is 121 Å². The Morgan fingerprint density at radius 2 is 1.60 bits per heavy atom. The average Bonchev–Trinajstić information content (AvgIpc) is 2.88. The van der Waals surface area contributed by atoms with E-state index < -0.39 is 5.91 Å². The van der Waals surface area contributed by atoms with Crippen molar-refractivity contribution < 1.29 is 14.0 Å². The summed E-state index contributed by atoms with van der Waals surface area (Å²) in [6, 6.07) is 3.44. The standard InChI is InChI=1S/C14H16N2O3S/c1-7-5-11(9(3)19-7)13(17)15-16-14(18)12-6-8(2)20-10(12)4/h5-6H,1-4H3,(H,15,17)(H,16,18). The Bertz CT molecular complexity index is 612. The molecule has 2 aromatic heterocycles. The molecule has 0 spiro atoms. The van der Waals surface area contributed by atoms with E-state index in [0.29, 0.717) is 22.6 Å². The summed E-state index contributed by atoms with van der Waals surface area (Å²) in [7, 11) is 0. The maximum absolute atomic E-state index is 12.0. The van der Waals surface area contributed by atoms with Crippen molar-refractivity contribution >= 4 is 23.2 Å². The van der Waals surface area contributed by atoms with Gasteiger partial charge in [0.05, 0.1) is 11.1 Å². The molecule has 2 N–H and O–H groups in total. The summed E-state index contributed by atoms with van der Waals surface area (Å²) in [5.74, 6) is 0.468. The Morgan fingerprint density at radius 3 is 2.05 bits per heavy atom. The second-order valence-corrected chi connectivity index (χ2v) is 6.02. The number of amides is 2. The molecule has 0 aromatic carbocycles. The van der Waals surface area contributed by atoms with Crippen LogP contribution in [0.4, 0.5) is 0 Å². The predicted molar refractivity (Wildman–Crippen MR) is 76.9 cm³/mol. The van der Waals surface area contributed by atoms with Crippen LogP contribution in [-0.4, -0.2) is 11.8 Å². The van der Waals surface area contributed by atoms with Gasteiger partial charge in [-0.2, -0.15) is 0 Å². The summed E-state index contributed by atoms with van der Waals surface area (Å²) >= 11 is 1.55. The van der Waals surface area contributed by atoms with Gasteiger partial charge in [0.25, 0.3) is 11.8 Å². The number of hydrogen-bond donors (Lipinski definition) is 2. The zero-order valence-corrected chi connectivity index (χ0v) is 12.6. The van der Waals surface area contributed by atoms with Crippen LogP contribution in [-0.2, 0) is 0 Å². The molecule has 2 heterocycles. The van der Waals surface area contributed by atoms with Crippen molar-refractivity contribution in [3.63, 3.8) is 0 Å². The SMILES string of the molecule is Cc1cc(C(=O)NNC(=O)c2cc(C)sc2C)c(C)o1. The Hall–Kier alpha value is -2.08. The fourth-order valence-corrected chi connectivity index (χ4v) is 2.88. The van der Waals surface area contributed by atoms with Gasteiger partial charge in [-0.25, -0.2) is 0 Å². The van der Waals surface area contributed by atoms with E-state index in [1.165, 1.54) is 0 Å². The maximum atomic E-state index is 12.0. The first-order valence-corrected chi connectivity index (χ1v) is 6.95. The Morgan fingerprint density at radius 1 is 1.00 bits per heavy atom. The highest BCUT2D eigenvalue weighted by atomic mass is 32.1. The van der Waals surface area contributed by atoms with Gasteiger partial charge in [-0.05, 0) is 39.8 Å². The molecule has 0 aliphatic rings. The molecule has 2 amide bonds. The monoisotopic (exact) mass is 292 g/mol. The first-order chi connectivity index (χ1) is 9.38. The van der Waals surface area contributed by atoms with Crippen molar-refractivity contribution in [2.45, 2.75) is 27.7 Å². The van der Waals surface area contributed by atoms with Crippen molar-refractivity contribution in [1.82, 2.24) is 10.9 Å². The number of carbonyl (C=O) groups excluding carboxylic acids is 2. The lowest BCUT2D eigenvalue weighted by atomic mass is 10.2. The number of carbonyl (C=O) groups is 2. The average molecular weight is 292 g/mol. The Balaban J connectivity index is 2.02. The highest BCUT2D eigenvalue weighted by Gasteiger charge is 2.16. The number of furan rings is 1. The third-order valence-corrected chi connectivity index (χ3v) is 3.83. The van der Waals surface area contributed by atoms with Crippen LogP contribution < -0.4 is 10.9 Å². The lowest BCUT2D eigenvalue weighted by Gasteiger charge is -2.06. The predicted octanol–water partition coefficient (Wildman–Crippen LogP) is 2.65. The van der Waals surface area contributed by atoms with E-state index in [-0.39, 0.29) is 5.91 Å². The molecule has 2 aromatic rings. The van der Waals surface area contributed by atoms with Crippen LogP contribution in [0.1, 0.15) is 42.0 Å². The van der Waals surface area contributed by atoms with Crippen molar-refractivity contribution in [2.24, 2.45) is 0 Å². The number of aryl methyl sites for hydroxylation is 4. The van der Waals surface area contributed by atoms with Crippen molar-refractivity contribution in [3.05, 3.63) is 44.5 Å². The van der Waals surface area contributed by atoms with Gasteiger partial charge in [0.15, 0.2) is 0 Å². The minimum absolute atomic E-state index is 0.321. The van der Waals surface area contributed by atoms with Gasteiger partial charge in [-0.1, -0.05) is 0 Å². The molecule has 0 fully saturated rings. The largest absolute Gasteiger partial charge is 0.466 e. The van der Waals surface area contributed by atoms with Gasteiger partial charge in [0, 0.05) is 9.75 Å². The topological polar surface area (TPSA) is 71.3 Å². The molecule has 0 radical (unpaired) electrons. The van der Waals surface area contributed by atoms with Crippen molar-refractivity contribution in [3.8, 4) is 0 Å². The maximum Gasteiger partial charge on any atom is 0.273 e. The molecule has 0 saturated carbocycles. The summed E-state index contributed by atoms with van der Waals surface area (Å²) in [6.45, 7) is 7.28. The molecule has 106 valence electrons. The fourth-order valence-electron chi connectivity index (χ4n) is 1.96. The molecule has 0 atom stereocenters. The minimum Gasteiger partial charge on any atom is -0.466 e. The molecule has 20 heavy (non-hydrogen) atoms. The molecule has 5 nitrogen and oxygen atoms in total. The molecule has 0 aliphatic heterocycles. The normalized spacial score (nSPS) is 10.4. The van der Waals surface area contributed by atoms with Crippen molar-refractivity contribution in [2.75, 3.05) is 0 Å². The highest BCUT2D eigenvalue weighted by Crippen LogP contribution is 2.20. The molecule has 6 heteroatoms. The third kappa shape index (κ3) is 2.91. The van der Waals surface area contributed by atoms with Crippen LogP contribution in [0.15, 0.2) is 16.5 Å². The summed E-state index contributed by atoms with van der Waals surface area (Å²) in [5, 5.41) is 0. The van der Waals surface area contributed by atoms with Gasteiger partial charge in [-0.15, -0.1) is 11.3 Å². The molecule has 0 aliphatic carbocycles. The molecule has 0 bridgehead atoms. The molecular weight excluding hydrogens is 276 g/mol. The number of rotatable bonds is 2. The van der Waals surface area contributed by atoms with E-state index >= 15 is 0 Å². The molecule has 2 rings (SSSR count). The van der Waals surface area contributed by atoms with Gasteiger partial charge in [0.2, 0.25) is 0 Å².